The van der Waals surface area contributed by atoms with Crippen LogP contribution in [0, 0.1) is 6.92 Å². The Morgan fingerprint density at radius 1 is 1.33 bits per heavy atom. The molecule has 110 valence electrons. The predicted molar refractivity (Wildman–Crippen MR) is 77.5 cm³/mol. The van der Waals surface area contributed by atoms with Crippen molar-refractivity contribution in [2.45, 2.75) is 32.6 Å². The van der Waals surface area contributed by atoms with Crippen LogP contribution in [0.5, 0.6) is 0 Å². The van der Waals surface area contributed by atoms with Crippen molar-refractivity contribution in [3.63, 3.8) is 0 Å². The number of rotatable bonds is 3. The van der Waals surface area contributed by atoms with E-state index in [1.54, 1.807) is 12.3 Å². The van der Waals surface area contributed by atoms with Gasteiger partial charge in [-0.25, -0.2) is 0 Å². The van der Waals surface area contributed by atoms with Gasteiger partial charge in [-0.05, 0) is 31.9 Å². The zero-order chi connectivity index (χ0) is 14.8. The molecule has 2 aromatic rings. The summed E-state index contributed by atoms with van der Waals surface area (Å²) >= 11 is 0. The molecule has 0 aromatic carbocycles. The van der Waals surface area contributed by atoms with E-state index in [9.17, 15) is 4.79 Å². The average molecular weight is 286 g/mol. The monoisotopic (exact) mass is 286 g/mol. The molecule has 0 bridgehead atoms. The molecule has 0 amide bonds. The molecule has 1 aliphatic heterocycles. The lowest BCUT2D eigenvalue weighted by atomic mass is 9.96. The van der Waals surface area contributed by atoms with E-state index in [4.69, 9.17) is 4.52 Å². The molecule has 0 saturated carbocycles. The van der Waals surface area contributed by atoms with E-state index in [1.165, 1.54) is 6.92 Å². The Hall–Kier alpha value is -2.24. The van der Waals surface area contributed by atoms with Gasteiger partial charge in [-0.3, -0.25) is 9.78 Å². The molecule has 21 heavy (non-hydrogen) atoms. The molecule has 1 saturated heterocycles. The van der Waals surface area contributed by atoms with Crippen molar-refractivity contribution in [1.82, 2.24) is 15.1 Å². The van der Waals surface area contributed by atoms with Crippen LogP contribution in [0.15, 0.2) is 22.9 Å². The van der Waals surface area contributed by atoms with Gasteiger partial charge in [0.25, 0.3) is 0 Å². The molecule has 6 heteroatoms. The Morgan fingerprint density at radius 2 is 2.10 bits per heavy atom. The maximum absolute atomic E-state index is 11.2. The second-order valence-electron chi connectivity index (χ2n) is 5.40. The molecule has 1 fully saturated rings. The summed E-state index contributed by atoms with van der Waals surface area (Å²) in [4.78, 5) is 22.0. The number of carbonyl (C=O) groups excluding carboxylic acids is 1. The Kier molecular flexibility index (Phi) is 3.68. The van der Waals surface area contributed by atoms with E-state index < -0.39 is 0 Å². The standard InChI is InChI=1S/C15H18N4O2/c1-10(20)14-4-3-13(9-16-14)19-7-5-12(6-8-19)15-17-11(2)18-21-15/h3-4,9,12H,5-8H2,1-2H3. The lowest BCUT2D eigenvalue weighted by Gasteiger charge is -2.31. The van der Waals surface area contributed by atoms with Crippen molar-refractivity contribution in [2.75, 3.05) is 18.0 Å². The molecule has 0 radical (unpaired) electrons. The Morgan fingerprint density at radius 3 is 2.62 bits per heavy atom. The highest BCUT2D eigenvalue weighted by atomic mass is 16.5. The molecule has 3 rings (SSSR count). The lowest BCUT2D eigenvalue weighted by Crippen LogP contribution is -2.33. The number of aromatic nitrogens is 3. The number of nitrogens with zero attached hydrogens (tertiary/aromatic N) is 4. The normalized spacial score (nSPS) is 16.2. The third-order valence-electron chi connectivity index (χ3n) is 3.86. The van der Waals surface area contributed by atoms with E-state index in [0.717, 1.165) is 37.5 Å². The first-order valence-corrected chi connectivity index (χ1v) is 7.15. The number of ketones is 1. The van der Waals surface area contributed by atoms with Crippen LogP contribution < -0.4 is 4.90 Å². The van der Waals surface area contributed by atoms with Gasteiger partial charge in [0.05, 0.1) is 11.9 Å². The predicted octanol–water partition coefficient (Wildman–Crippen LogP) is 2.36. The fourth-order valence-electron chi connectivity index (χ4n) is 2.64. The van der Waals surface area contributed by atoms with Gasteiger partial charge >= 0.3 is 0 Å². The quantitative estimate of drug-likeness (QED) is 0.807. The van der Waals surface area contributed by atoms with Crippen molar-refractivity contribution in [2.24, 2.45) is 0 Å². The molecule has 1 aliphatic rings. The smallest absolute Gasteiger partial charge is 0.229 e. The Balaban J connectivity index is 1.64. The zero-order valence-corrected chi connectivity index (χ0v) is 12.2. The van der Waals surface area contributed by atoms with Crippen LogP contribution in [0.2, 0.25) is 0 Å². The molecular formula is C15H18N4O2. The largest absolute Gasteiger partial charge is 0.370 e. The summed E-state index contributed by atoms with van der Waals surface area (Å²) < 4.78 is 5.26. The first kappa shape index (κ1) is 13.7. The minimum Gasteiger partial charge on any atom is -0.370 e. The van der Waals surface area contributed by atoms with Crippen LogP contribution in [-0.4, -0.2) is 34.0 Å². The summed E-state index contributed by atoms with van der Waals surface area (Å²) in [6.07, 6.45) is 3.74. The summed E-state index contributed by atoms with van der Waals surface area (Å²) in [5, 5.41) is 3.85. The van der Waals surface area contributed by atoms with Crippen LogP contribution in [0.25, 0.3) is 0 Å². The van der Waals surface area contributed by atoms with Gasteiger partial charge in [0, 0.05) is 25.9 Å². The molecule has 0 aliphatic carbocycles. The summed E-state index contributed by atoms with van der Waals surface area (Å²) in [7, 11) is 0. The number of pyridine rings is 1. The number of Topliss-reactive ketones (excluding diaryl/α,β-unsaturated/α-hetero) is 1. The van der Waals surface area contributed by atoms with Crippen LogP contribution in [0.3, 0.4) is 0 Å². The maximum atomic E-state index is 11.2. The fraction of sp³-hybridized carbons (Fsp3) is 0.467. The van der Waals surface area contributed by atoms with Gasteiger partial charge in [0.2, 0.25) is 5.89 Å². The molecular weight excluding hydrogens is 268 g/mol. The van der Waals surface area contributed by atoms with Gasteiger partial charge < -0.3 is 9.42 Å². The number of carbonyl (C=O) groups is 1. The SMILES string of the molecule is CC(=O)c1ccc(N2CCC(c3nc(C)no3)CC2)cn1. The van der Waals surface area contributed by atoms with E-state index in [0.29, 0.717) is 17.4 Å². The van der Waals surface area contributed by atoms with E-state index >= 15 is 0 Å². The van der Waals surface area contributed by atoms with Crippen molar-refractivity contribution >= 4 is 11.5 Å². The second kappa shape index (κ2) is 5.63. The van der Waals surface area contributed by atoms with Crippen molar-refractivity contribution in [3.05, 3.63) is 35.7 Å². The second-order valence-corrected chi connectivity index (χ2v) is 5.40. The molecule has 0 unspecified atom stereocenters. The number of aryl methyl sites for hydroxylation is 1. The fourth-order valence-corrected chi connectivity index (χ4v) is 2.64. The average Bonchev–Trinajstić information content (AvgIpc) is 2.94. The van der Waals surface area contributed by atoms with Crippen molar-refractivity contribution in [1.29, 1.82) is 0 Å². The summed E-state index contributed by atoms with van der Waals surface area (Å²) in [5.74, 6) is 1.77. The molecule has 3 heterocycles. The Bertz CT molecular complexity index is 627. The van der Waals surface area contributed by atoms with Crippen LogP contribution in [-0.2, 0) is 0 Å². The van der Waals surface area contributed by atoms with Crippen LogP contribution in [0.4, 0.5) is 5.69 Å². The molecule has 6 nitrogen and oxygen atoms in total. The lowest BCUT2D eigenvalue weighted by molar-refractivity contribution is 0.101. The van der Waals surface area contributed by atoms with Crippen LogP contribution >= 0.6 is 0 Å². The molecule has 0 spiro atoms. The number of anilines is 1. The van der Waals surface area contributed by atoms with Gasteiger partial charge in [0.15, 0.2) is 11.6 Å². The van der Waals surface area contributed by atoms with Crippen molar-refractivity contribution in [3.8, 4) is 0 Å². The van der Waals surface area contributed by atoms with E-state index in [2.05, 4.69) is 20.0 Å². The third kappa shape index (κ3) is 2.94. The Labute approximate surface area is 123 Å². The number of piperidine rings is 1. The first-order valence-electron chi connectivity index (χ1n) is 7.15. The van der Waals surface area contributed by atoms with Gasteiger partial charge in [0.1, 0.15) is 5.69 Å². The van der Waals surface area contributed by atoms with E-state index in [1.807, 2.05) is 13.0 Å². The maximum Gasteiger partial charge on any atom is 0.229 e. The third-order valence-corrected chi connectivity index (χ3v) is 3.86. The molecule has 2 aromatic heterocycles. The summed E-state index contributed by atoms with van der Waals surface area (Å²) in [6, 6.07) is 3.74. The number of hydrogen-bond donors (Lipinski definition) is 0. The topological polar surface area (TPSA) is 72.1 Å². The molecule has 0 N–H and O–H groups in total. The minimum atomic E-state index is -0.00739. The highest BCUT2D eigenvalue weighted by Crippen LogP contribution is 2.29. The van der Waals surface area contributed by atoms with E-state index in [-0.39, 0.29) is 5.78 Å². The van der Waals surface area contributed by atoms with Crippen molar-refractivity contribution < 1.29 is 9.32 Å². The summed E-state index contributed by atoms with van der Waals surface area (Å²) in [5.41, 5.74) is 1.56. The minimum absolute atomic E-state index is 0.00739. The molecule has 0 atom stereocenters. The van der Waals surface area contributed by atoms with Gasteiger partial charge in [-0.15, -0.1) is 0 Å². The first-order chi connectivity index (χ1) is 10.1. The summed E-state index contributed by atoms with van der Waals surface area (Å²) in [6.45, 7) is 5.21. The zero-order valence-electron chi connectivity index (χ0n) is 12.2. The van der Waals surface area contributed by atoms with Gasteiger partial charge in [-0.2, -0.15) is 4.98 Å². The van der Waals surface area contributed by atoms with Crippen LogP contribution in [0.1, 0.15) is 47.9 Å². The van der Waals surface area contributed by atoms with Gasteiger partial charge in [-0.1, -0.05) is 5.16 Å². The highest BCUT2D eigenvalue weighted by molar-refractivity contribution is 5.92. The number of hydrogen-bond acceptors (Lipinski definition) is 6. The highest BCUT2D eigenvalue weighted by Gasteiger charge is 2.25.